The average molecular weight is 191 g/mol. The van der Waals surface area contributed by atoms with Crippen LogP contribution >= 0.6 is 11.8 Å². The maximum absolute atomic E-state index is 10.9. The van der Waals surface area contributed by atoms with E-state index in [4.69, 9.17) is 0 Å². The van der Waals surface area contributed by atoms with Crippen LogP contribution in [0.5, 0.6) is 0 Å². The van der Waals surface area contributed by atoms with Gasteiger partial charge in [0.1, 0.15) is 0 Å². The van der Waals surface area contributed by atoms with E-state index in [1.165, 1.54) is 11.8 Å². The van der Waals surface area contributed by atoms with Crippen LogP contribution in [-0.2, 0) is 4.79 Å². The number of rotatable bonds is 5. The van der Waals surface area contributed by atoms with Crippen molar-refractivity contribution in [3.05, 3.63) is 0 Å². The number of carbonyl (C=O) groups is 1. The molecule has 0 aliphatic rings. The van der Waals surface area contributed by atoms with E-state index in [2.05, 4.69) is 5.32 Å². The Hall–Kier alpha value is -0.220. The predicted molar refractivity (Wildman–Crippen MR) is 52.2 cm³/mol. The number of nitrogens with one attached hydrogen (secondary N) is 1. The third-order valence-corrected chi connectivity index (χ3v) is 2.10. The summed E-state index contributed by atoms with van der Waals surface area (Å²) in [4.78, 5) is 10.9. The van der Waals surface area contributed by atoms with Crippen molar-refractivity contribution in [2.45, 2.75) is 20.0 Å². The lowest BCUT2D eigenvalue weighted by Gasteiger charge is -2.14. The van der Waals surface area contributed by atoms with Gasteiger partial charge < -0.3 is 10.4 Å². The molecule has 3 nitrogen and oxygen atoms in total. The van der Waals surface area contributed by atoms with Crippen LogP contribution in [0, 0.1) is 5.92 Å². The van der Waals surface area contributed by atoms with Crippen molar-refractivity contribution < 1.29 is 9.90 Å². The Balaban J connectivity index is 3.47. The van der Waals surface area contributed by atoms with Crippen molar-refractivity contribution in [2.75, 3.05) is 18.6 Å². The molecule has 1 amide bonds. The Morgan fingerprint density at radius 3 is 2.58 bits per heavy atom. The van der Waals surface area contributed by atoms with Gasteiger partial charge in [0.15, 0.2) is 0 Å². The molecular weight excluding hydrogens is 174 g/mol. The fourth-order valence-electron chi connectivity index (χ4n) is 0.636. The smallest absolute Gasteiger partial charge is 0.230 e. The summed E-state index contributed by atoms with van der Waals surface area (Å²) in [5, 5.41) is 12.0. The topological polar surface area (TPSA) is 49.3 Å². The standard InChI is InChI=1S/C8H17NO2S/c1-6(2)7(10)4-9-8(11)5-12-3/h6-7,10H,4-5H2,1-3H3,(H,9,11). The summed E-state index contributed by atoms with van der Waals surface area (Å²) in [6.07, 6.45) is 1.44. The molecule has 0 saturated heterocycles. The first-order chi connectivity index (χ1) is 5.57. The maximum Gasteiger partial charge on any atom is 0.230 e. The molecule has 0 aliphatic carbocycles. The van der Waals surface area contributed by atoms with Crippen LogP contribution < -0.4 is 5.32 Å². The van der Waals surface area contributed by atoms with E-state index in [-0.39, 0.29) is 11.8 Å². The largest absolute Gasteiger partial charge is 0.391 e. The third kappa shape index (κ3) is 5.43. The molecule has 0 fully saturated rings. The number of hydrogen-bond acceptors (Lipinski definition) is 3. The van der Waals surface area contributed by atoms with Crippen LogP contribution in [-0.4, -0.2) is 35.7 Å². The van der Waals surface area contributed by atoms with Gasteiger partial charge in [-0.05, 0) is 12.2 Å². The number of thioether (sulfide) groups is 1. The molecule has 1 unspecified atom stereocenters. The molecule has 0 bridgehead atoms. The molecule has 0 aliphatic heterocycles. The zero-order valence-electron chi connectivity index (χ0n) is 7.83. The molecule has 1 atom stereocenters. The summed E-state index contributed by atoms with van der Waals surface area (Å²) in [5.74, 6) is 0.645. The van der Waals surface area contributed by atoms with Gasteiger partial charge in [0.05, 0.1) is 11.9 Å². The minimum absolute atomic E-state index is 0.0119. The Kier molecular flexibility index (Phi) is 6.20. The molecule has 2 N–H and O–H groups in total. The monoisotopic (exact) mass is 191 g/mol. The first-order valence-corrected chi connectivity index (χ1v) is 5.41. The SMILES string of the molecule is CSCC(=O)NCC(O)C(C)C. The van der Waals surface area contributed by atoms with Gasteiger partial charge in [0.2, 0.25) is 5.91 Å². The van der Waals surface area contributed by atoms with Gasteiger partial charge in [0, 0.05) is 6.54 Å². The summed E-state index contributed by atoms with van der Waals surface area (Å²) in [6, 6.07) is 0. The third-order valence-electron chi connectivity index (χ3n) is 1.55. The van der Waals surface area contributed by atoms with E-state index in [1.807, 2.05) is 20.1 Å². The minimum atomic E-state index is -0.434. The molecule has 0 heterocycles. The number of aliphatic hydroxyl groups is 1. The van der Waals surface area contributed by atoms with Crippen LogP contribution in [0.15, 0.2) is 0 Å². The van der Waals surface area contributed by atoms with Crippen LogP contribution in [0.4, 0.5) is 0 Å². The summed E-state index contributed by atoms with van der Waals surface area (Å²) in [6.45, 7) is 4.20. The van der Waals surface area contributed by atoms with E-state index in [0.29, 0.717) is 12.3 Å². The van der Waals surface area contributed by atoms with Gasteiger partial charge in [-0.2, -0.15) is 11.8 Å². The van der Waals surface area contributed by atoms with E-state index < -0.39 is 6.10 Å². The summed E-state index contributed by atoms with van der Waals surface area (Å²) in [7, 11) is 0. The molecule has 4 heteroatoms. The Morgan fingerprint density at radius 1 is 1.58 bits per heavy atom. The Bertz CT molecular complexity index is 139. The average Bonchev–Trinajstić information content (AvgIpc) is 2.00. The van der Waals surface area contributed by atoms with E-state index in [9.17, 15) is 9.90 Å². The maximum atomic E-state index is 10.9. The molecule has 0 aromatic heterocycles. The highest BCUT2D eigenvalue weighted by atomic mass is 32.2. The number of amides is 1. The molecule has 0 spiro atoms. The van der Waals surface area contributed by atoms with E-state index in [1.54, 1.807) is 0 Å². The molecule has 12 heavy (non-hydrogen) atoms. The second-order valence-corrected chi connectivity index (χ2v) is 3.91. The van der Waals surface area contributed by atoms with Crippen molar-refractivity contribution in [3.63, 3.8) is 0 Å². The van der Waals surface area contributed by atoms with Gasteiger partial charge in [0.25, 0.3) is 0 Å². The van der Waals surface area contributed by atoms with Crippen molar-refractivity contribution >= 4 is 17.7 Å². The number of carbonyl (C=O) groups excluding carboxylic acids is 1. The van der Waals surface area contributed by atoms with E-state index in [0.717, 1.165) is 0 Å². The molecule has 72 valence electrons. The second-order valence-electron chi connectivity index (χ2n) is 3.05. The van der Waals surface area contributed by atoms with Crippen molar-refractivity contribution in [1.82, 2.24) is 5.32 Å². The first kappa shape index (κ1) is 11.8. The highest BCUT2D eigenvalue weighted by Crippen LogP contribution is 1.99. The van der Waals surface area contributed by atoms with Crippen LogP contribution in [0.2, 0.25) is 0 Å². The molecule has 0 saturated carbocycles. The lowest BCUT2D eigenvalue weighted by Crippen LogP contribution is -2.35. The predicted octanol–water partition coefficient (Wildman–Crippen LogP) is 0.482. The number of hydrogen-bond donors (Lipinski definition) is 2. The molecule has 0 rings (SSSR count). The normalized spacial score (nSPS) is 13.1. The molecular formula is C8H17NO2S. The highest BCUT2D eigenvalue weighted by Gasteiger charge is 2.09. The fourth-order valence-corrected chi connectivity index (χ4v) is 1.00. The van der Waals surface area contributed by atoms with Crippen LogP contribution in [0.1, 0.15) is 13.8 Å². The van der Waals surface area contributed by atoms with Gasteiger partial charge in [-0.3, -0.25) is 4.79 Å². The molecule has 0 radical (unpaired) electrons. The summed E-state index contributed by atoms with van der Waals surface area (Å²) in [5.41, 5.74) is 0. The first-order valence-electron chi connectivity index (χ1n) is 4.01. The highest BCUT2D eigenvalue weighted by molar-refractivity contribution is 7.99. The second kappa shape index (κ2) is 6.31. The Morgan fingerprint density at radius 2 is 2.17 bits per heavy atom. The minimum Gasteiger partial charge on any atom is -0.391 e. The van der Waals surface area contributed by atoms with Crippen LogP contribution in [0.3, 0.4) is 0 Å². The van der Waals surface area contributed by atoms with Gasteiger partial charge >= 0.3 is 0 Å². The van der Waals surface area contributed by atoms with Crippen molar-refractivity contribution in [3.8, 4) is 0 Å². The zero-order valence-corrected chi connectivity index (χ0v) is 8.65. The Labute approximate surface area is 77.9 Å². The van der Waals surface area contributed by atoms with Gasteiger partial charge in [-0.15, -0.1) is 0 Å². The molecule has 0 aromatic rings. The van der Waals surface area contributed by atoms with E-state index >= 15 is 0 Å². The zero-order chi connectivity index (χ0) is 9.56. The summed E-state index contributed by atoms with van der Waals surface area (Å²) >= 11 is 1.48. The van der Waals surface area contributed by atoms with Gasteiger partial charge in [-0.1, -0.05) is 13.8 Å². The quantitative estimate of drug-likeness (QED) is 0.664. The summed E-state index contributed by atoms with van der Waals surface area (Å²) < 4.78 is 0. The van der Waals surface area contributed by atoms with Crippen LogP contribution in [0.25, 0.3) is 0 Å². The van der Waals surface area contributed by atoms with Crippen molar-refractivity contribution in [2.24, 2.45) is 5.92 Å². The van der Waals surface area contributed by atoms with Gasteiger partial charge in [-0.25, -0.2) is 0 Å². The lowest BCUT2D eigenvalue weighted by molar-refractivity contribution is -0.119. The van der Waals surface area contributed by atoms with Crippen molar-refractivity contribution in [1.29, 1.82) is 0 Å². The fraction of sp³-hybridized carbons (Fsp3) is 0.875. The number of aliphatic hydroxyl groups excluding tert-OH is 1. The lowest BCUT2D eigenvalue weighted by atomic mass is 10.1. The molecule has 0 aromatic carbocycles.